The van der Waals surface area contributed by atoms with Gasteiger partial charge >= 0.3 is 0 Å². The summed E-state index contributed by atoms with van der Waals surface area (Å²) in [4.78, 5) is 8.88. The smallest absolute Gasteiger partial charge is 0.149 e. The van der Waals surface area contributed by atoms with Crippen molar-refractivity contribution < 1.29 is 4.74 Å². The summed E-state index contributed by atoms with van der Waals surface area (Å²) >= 11 is 0. The number of hydrogen-bond acceptors (Lipinski definition) is 4. The average molecular weight is 260 g/mol. The van der Waals surface area contributed by atoms with E-state index in [1.165, 1.54) is 0 Å². The average Bonchev–Trinajstić information content (AvgIpc) is 2.78. The molecule has 0 bridgehead atoms. The number of hydrogen-bond donors (Lipinski definition) is 1. The molecule has 1 saturated carbocycles. The van der Waals surface area contributed by atoms with Crippen LogP contribution in [0.5, 0.6) is 0 Å². The van der Waals surface area contributed by atoms with E-state index < -0.39 is 0 Å². The zero-order valence-electron chi connectivity index (χ0n) is 11.5. The minimum atomic E-state index is 0.412. The molecule has 0 amide bonds. The molecule has 0 spiro atoms. The van der Waals surface area contributed by atoms with E-state index in [0.717, 1.165) is 42.7 Å². The maximum Gasteiger partial charge on any atom is 0.149 e. The largest absolute Gasteiger partial charge is 0.382 e. The molecule has 1 fully saturated rings. The van der Waals surface area contributed by atoms with Crippen LogP contribution in [0.15, 0.2) is 12.4 Å². The Labute approximate surface area is 112 Å². The second-order valence-electron chi connectivity index (χ2n) is 5.30. The molecule has 2 N–H and O–H groups in total. The second kappa shape index (κ2) is 4.81. The number of nitrogens with two attached hydrogens (primary N) is 1. The van der Waals surface area contributed by atoms with E-state index in [4.69, 9.17) is 15.5 Å². The number of rotatable bonds is 2. The fourth-order valence-electron chi connectivity index (χ4n) is 3.11. The van der Waals surface area contributed by atoms with Crippen molar-refractivity contribution in [1.29, 1.82) is 0 Å². The third-order valence-electron chi connectivity index (χ3n) is 4.16. The highest BCUT2D eigenvalue weighted by molar-refractivity contribution is 5.68. The number of fused-ring (bicyclic) bond motifs is 1. The molecule has 2 heterocycles. The summed E-state index contributed by atoms with van der Waals surface area (Å²) < 4.78 is 7.54. The molecule has 2 aromatic rings. The summed E-state index contributed by atoms with van der Waals surface area (Å²) in [6.45, 7) is 2.00. The minimum absolute atomic E-state index is 0.412. The molecular formula is C14H20N4O. The van der Waals surface area contributed by atoms with Gasteiger partial charge in [-0.2, -0.15) is 0 Å². The Morgan fingerprint density at radius 1 is 1.32 bits per heavy atom. The first-order valence-corrected chi connectivity index (χ1v) is 6.82. The van der Waals surface area contributed by atoms with Gasteiger partial charge in [-0.05, 0) is 32.6 Å². The van der Waals surface area contributed by atoms with Crippen LogP contribution in [0.4, 0.5) is 5.82 Å². The molecule has 1 aliphatic carbocycles. The predicted octanol–water partition coefficient (Wildman–Crippen LogP) is 2.29. The van der Waals surface area contributed by atoms with E-state index in [2.05, 4.69) is 9.38 Å². The van der Waals surface area contributed by atoms with Crippen molar-refractivity contribution in [3.63, 3.8) is 0 Å². The molecule has 1 aliphatic rings. The molecule has 3 rings (SSSR count). The Kier molecular flexibility index (Phi) is 3.14. The Hall–Kier alpha value is -1.62. The fourth-order valence-corrected chi connectivity index (χ4v) is 3.11. The van der Waals surface area contributed by atoms with Crippen LogP contribution in [-0.2, 0) is 4.74 Å². The van der Waals surface area contributed by atoms with E-state index >= 15 is 0 Å². The zero-order valence-corrected chi connectivity index (χ0v) is 11.5. The molecule has 0 aliphatic heterocycles. The monoisotopic (exact) mass is 260 g/mol. The lowest BCUT2D eigenvalue weighted by Crippen LogP contribution is -2.20. The molecule has 2 aromatic heterocycles. The SMILES string of the molecule is COC1CCC(c2nc(C)c3c(N)nccn23)CC1. The van der Waals surface area contributed by atoms with Gasteiger partial charge in [0.1, 0.15) is 17.2 Å². The topological polar surface area (TPSA) is 65.4 Å². The van der Waals surface area contributed by atoms with Crippen molar-refractivity contribution in [3.8, 4) is 0 Å². The molecule has 5 nitrogen and oxygen atoms in total. The molecule has 19 heavy (non-hydrogen) atoms. The lowest BCUT2D eigenvalue weighted by atomic mass is 9.87. The first-order chi connectivity index (χ1) is 9.20. The predicted molar refractivity (Wildman–Crippen MR) is 74.1 cm³/mol. The number of imidazole rings is 1. The van der Waals surface area contributed by atoms with Crippen LogP contribution in [0, 0.1) is 6.92 Å². The molecule has 0 unspecified atom stereocenters. The van der Waals surface area contributed by atoms with Gasteiger partial charge < -0.3 is 10.5 Å². The van der Waals surface area contributed by atoms with Crippen LogP contribution in [0.25, 0.3) is 5.52 Å². The Bertz CT molecular complexity index is 584. The van der Waals surface area contributed by atoms with Crippen LogP contribution < -0.4 is 5.73 Å². The maximum atomic E-state index is 5.95. The highest BCUT2D eigenvalue weighted by Gasteiger charge is 2.26. The number of ether oxygens (including phenoxy) is 1. The van der Waals surface area contributed by atoms with Gasteiger partial charge in [-0.15, -0.1) is 0 Å². The van der Waals surface area contributed by atoms with E-state index in [0.29, 0.717) is 17.8 Å². The summed E-state index contributed by atoms with van der Waals surface area (Å²) in [5, 5.41) is 0. The van der Waals surface area contributed by atoms with Gasteiger partial charge in [0.2, 0.25) is 0 Å². The third kappa shape index (κ3) is 2.08. The quantitative estimate of drug-likeness (QED) is 0.899. The highest BCUT2D eigenvalue weighted by atomic mass is 16.5. The van der Waals surface area contributed by atoms with Crippen LogP contribution in [0.3, 0.4) is 0 Å². The standard InChI is InChI=1S/C14H20N4O/c1-9-12-13(15)16-7-8-18(12)14(17-9)10-3-5-11(19-2)6-4-10/h7-8,10-11H,3-6H2,1-2H3,(H2,15,16). The van der Waals surface area contributed by atoms with E-state index in [1.807, 2.05) is 13.1 Å². The molecule has 5 heteroatoms. The van der Waals surface area contributed by atoms with Crippen molar-refractivity contribution in [2.75, 3.05) is 12.8 Å². The van der Waals surface area contributed by atoms with Crippen molar-refractivity contribution in [1.82, 2.24) is 14.4 Å². The van der Waals surface area contributed by atoms with Crippen LogP contribution in [-0.4, -0.2) is 27.6 Å². The highest BCUT2D eigenvalue weighted by Crippen LogP contribution is 2.34. The Balaban J connectivity index is 1.96. The zero-order chi connectivity index (χ0) is 13.4. The van der Waals surface area contributed by atoms with E-state index in [-0.39, 0.29) is 0 Å². The summed E-state index contributed by atoms with van der Waals surface area (Å²) in [7, 11) is 1.80. The molecular weight excluding hydrogens is 240 g/mol. The normalized spacial score (nSPS) is 23.9. The fraction of sp³-hybridized carbons (Fsp3) is 0.571. The van der Waals surface area contributed by atoms with Gasteiger partial charge in [0.05, 0.1) is 11.8 Å². The van der Waals surface area contributed by atoms with Crippen LogP contribution >= 0.6 is 0 Å². The lowest BCUT2D eigenvalue weighted by Gasteiger charge is -2.26. The molecule has 0 aromatic carbocycles. The van der Waals surface area contributed by atoms with Gasteiger partial charge in [0, 0.05) is 25.4 Å². The number of methoxy groups -OCH3 is 1. The van der Waals surface area contributed by atoms with Gasteiger partial charge in [0.25, 0.3) is 0 Å². The molecule has 0 atom stereocenters. The number of aryl methyl sites for hydroxylation is 1. The Morgan fingerprint density at radius 3 is 2.74 bits per heavy atom. The van der Waals surface area contributed by atoms with Gasteiger partial charge in [0.15, 0.2) is 0 Å². The number of nitrogen functional groups attached to an aromatic ring is 1. The number of anilines is 1. The van der Waals surface area contributed by atoms with Crippen LogP contribution in [0.1, 0.15) is 43.1 Å². The minimum Gasteiger partial charge on any atom is -0.382 e. The van der Waals surface area contributed by atoms with E-state index in [9.17, 15) is 0 Å². The first-order valence-electron chi connectivity index (χ1n) is 6.82. The molecule has 0 saturated heterocycles. The maximum absolute atomic E-state index is 5.95. The van der Waals surface area contributed by atoms with Gasteiger partial charge in [-0.3, -0.25) is 4.40 Å². The van der Waals surface area contributed by atoms with Crippen LogP contribution in [0.2, 0.25) is 0 Å². The van der Waals surface area contributed by atoms with Crippen molar-refractivity contribution in [3.05, 3.63) is 23.9 Å². The van der Waals surface area contributed by atoms with Gasteiger partial charge in [-0.25, -0.2) is 9.97 Å². The lowest BCUT2D eigenvalue weighted by molar-refractivity contribution is 0.0650. The number of nitrogens with zero attached hydrogens (tertiary/aromatic N) is 3. The van der Waals surface area contributed by atoms with Crippen molar-refractivity contribution in [2.24, 2.45) is 0 Å². The number of aromatic nitrogens is 3. The van der Waals surface area contributed by atoms with Gasteiger partial charge in [-0.1, -0.05) is 0 Å². The summed E-state index contributed by atoms with van der Waals surface area (Å²) in [6, 6.07) is 0. The van der Waals surface area contributed by atoms with E-state index in [1.54, 1.807) is 13.3 Å². The Morgan fingerprint density at radius 2 is 2.05 bits per heavy atom. The van der Waals surface area contributed by atoms with Crippen molar-refractivity contribution >= 4 is 11.3 Å². The molecule has 102 valence electrons. The first kappa shape index (κ1) is 12.4. The molecule has 0 radical (unpaired) electrons. The van der Waals surface area contributed by atoms with Crippen molar-refractivity contribution in [2.45, 2.75) is 44.6 Å². The summed E-state index contributed by atoms with van der Waals surface area (Å²) in [5.41, 5.74) is 7.87. The second-order valence-corrected chi connectivity index (χ2v) is 5.30. The summed E-state index contributed by atoms with van der Waals surface area (Å²) in [6.07, 6.45) is 8.58. The summed E-state index contributed by atoms with van der Waals surface area (Å²) in [5.74, 6) is 2.18. The third-order valence-corrected chi connectivity index (χ3v) is 4.16.